The highest BCUT2D eigenvalue weighted by molar-refractivity contribution is 9.10. The van der Waals surface area contributed by atoms with E-state index in [1.54, 1.807) is 0 Å². The summed E-state index contributed by atoms with van der Waals surface area (Å²) in [6, 6.07) is 2.88. The minimum atomic E-state index is 0.745. The molecule has 1 aromatic rings. The van der Waals surface area contributed by atoms with E-state index in [9.17, 15) is 0 Å². The van der Waals surface area contributed by atoms with Gasteiger partial charge in [0.2, 0.25) is 0 Å². The Balaban J connectivity index is 1.77. The summed E-state index contributed by atoms with van der Waals surface area (Å²) in [6.07, 6.45) is 9.85. The van der Waals surface area contributed by atoms with Crippen molar-refractivity contribution in [3.05, 3.63) is 20.8 Å². The van der Waals surface area contributed by atoms with Crippen LogP contribution in [0.3, 0.4) is 0 Å². The van der Waals surface area contributed by atoms with E-state index < -0.39 is 0 Å². The largest absolute Gasteiger partial charge is 0.309 e. The Morgan fingerprint density at radius 2 is 1.88 bits per heavy atom. The van der Waals surface area contributed by atoms with Crippen LogP contribution in [0.2, 0.25) is 0 Å². The smallest absolute Gasteiger partial charge is 0.0327 e. The number of rotatable bonds is 3. The monoisotopic (exact) mass is 301 g/mol. The van der Waals surface area contributed by atoms with Crippen molar-refractivity contribution >= 4 is 27.3 Å². The molecule has 0 aliphatic heterocycles. The molecule has 0 unspecified atom stereocenters. The fourth-order valence-corrected chi connectivity index (χ4v) is 3.79. The third-order valence-corrected chi connectivity index (χ3v) is 5.27. The first kappa shape index (κ1) is 12.6. The summed E-state index contributed by atoms with van der Waals surface area (Å²) in [7, 11) is 0. The molecule has 0 bridgehead atoms. The second kappa shape index (κ2) is 6.77. The standard InChI is InChI=1S/C13H20BrNS/c14-12-8-9-16-13(12)10-15-11-6-4-2-1-3-5-7-11/h8-9,11,15H,1-7,10H2. The summed E-state index contributed by atoms with van der Waals surface area (Å²) in [5, 5.41) is 5.87. The lowest BCUT2D eigenvalue weighted by atomic mass is 9.97. The van der Waals surface area contributed by atoms with Gasteiger partial charge in [-0.15, -0.1) is 11.3 Å². The van der Waals surface area contributed by atoms with Crippen LogP contribution in [0.5, 0.6) is 0 Å². The molecule has 1 fully saturated rings. The molecule has 90 valence electrons. The van der Waals surface area contributed by atoms with Crippen molar-refractivity contribution in [2.75, 3.05) is 0 Å². The highest BCUT2D eigenvalue weighted by atomic mass is 79.9. The van der Waals surface area contributed by atoms with Crippen LogP contribution in [0.4, 0.5) is 0 Å². The number of thiophene rings is 1. The quantitative estimate of drug-likeness (QED) is 0.852. The van der Waals surface area contributed by atoms with Gasteiger partial charge in [-0.1, -0.05) is 32.1 Å². The van der Waals surface area contributed by atoms with Crippen molar-refractivity contribution in [3.8, 4) is 0 Å². The van der Waals surface area contributed by atoms with E-state index in [2.05, 4.69) is 32.7 Å². The summed E-state index contributed by atoms with van der Waals surface area (Å²) in [6.45, 7) is 1.03. The Labute approximate surface area is 111 Å². The summed E-state index contributed by atoms with van der Waals surface area (Å²) in [5.74, 6) is 0. The van der Waals surface area contributed by atoms with Crippen molar-refractivity contribution < 1.29 is 0 Å². The summed E-state index contributed by atoms with van der Waals surface area (Å²) in [4.78, 5) is 1.43. The second-order valence-corrected chi connectivity index (χ2v) is 6.47. The predicted molar refractivity (Wildman–Crippen MR) is 75.0 cm³/mol. The predicted octanol–water partition coefficient (Wildman–Crippen LogP) is 4.71. The Bertz CT molecular complexity index is 303. The number of nitrogens with one attached hydrogen (secondary N) is 1. The normalized spacial score (nSPS) is 19.3. The van der Waals surface area contributed by atoms with Crippen LogP contribution in [0.15, 0.2) is 15.9 Å². The first-order valence-electron chi connectivity index (χ1n) is 6.31. The van der Waals surface area contributed by atoms with Gasteiger partial charge in [-0.2, -0.15) is 0 Å². The molecule has 1 aliphatic rings. The molecule has 0 aromatic carbocycles. The maximum absolute atomic E-state index is 3.71. The maximum atomic E-state index is 3.71. The van der Waals surface area contributed by atoms with Crippen molar-refractivity contribution in [1.29, 1.82) is 0 Å². The lowest BCUT2D eigenvalue weighted by Gasteiger charge is -2.20. The highest BCUT2D eigenvalue weighted by Crippen LogP contribution is 2.23. The van der Waals surface area contributed by atoms with E-state index in [-0.39, 0.29) is 0 Å². The van der Waals surface area contributed by atoms with Gasteiger partial charge in [0.15, 0.2) is 0 Å². The molecule has 16 heavy (non-hydrogen) atoms. The average Bonchev–Trinajstić information content (AvgIpc) is 2.63. The minimum Gasteiger partial charge on any atom is -0.309 e. The zero-order valence-corrected chi connectivity index (χ0v) is 12.1. The van der Waals surface area contributed by atoms with Gasteiger partial charge in [0, 0.05) is 21.9 Å². The molecule has 0 atom stereocenters. The van der Waals surface area contributed by atoms with E-state index in [0.29, 0.717) is 0 Å². The molecule has 1 aliphatic carbocycles. The molecule has 3 heteroatoms. The van der Waals surface area contributed by atoms with Gasteiger partial charge in [-0.25, -0.2) is 0 Å². The number of hydrogen-bond donors (Lipinski definition) is 1. The molecule has 0 saturated heterocycles. The molecular weight excluding hydrogens is 282 g/mol. The zero-order valence-electron chi connectivity index (χ0n) is 9.68. The summed E-state index contributed by atoms with van der Waals surface area (Å²) >= 11 is 5.43. The zero-order chi connectivity index (χ0) is 11.2. The third kappa shape index (κ3) is 3.86. The van der Waals surface area contributed by atoms with Crippen LogP contribution in [-0.2, 0) is 6.54 Å². The van der Waals surface area contributed by atoms with Crippen molar-refractivity contribution in [2.45, 2.75) is 57.5 Å². The third-order valence-electron chi connectivity index (χ3n) is 3.35. The Morgan fingerprint density at radius 3 is 2.50 bits per heavy atom. The van der Waals surface area contributed by atoms with Crippen molar-refractivity contribution in [2.24, 2.45) is 0 Å². The van der Waals surface area contributed by atoms with E-state index in [1.165, 1.54) is 54.3 Å². The van der Waals surface area contributed by atoms with E-state index in [1.807, 2.05) is 11.3 Å². The average molecular weight is 302 g/mol. The first-order chi connectivity index (χ1) is 7.86. The molecule has 1 aromatic heterocycles. The molecule has 1 N–H and O–H groups in total. The minimum absolute atomic E-state index is 0.745. The van der Waals surface area contributed by atoms with E-state index in [0.717, 1.165) is 12.6 Å². The van der Waals surface area contributed by atoms with Crippen LogP contribution in [0.25, 0.3) is 0 Å². The maximum Gasteiger partial charge on any atom is 0.0327 e. The van der Waals surface area contributed by atoms with Gasteiger partial charge in [0.05, 0.1) is 0 Å². The Hall–Kier alpha value is 0.140. The fourth-order valence-electron chi connectivity index (χ4n) is 2.35. The molecule has 1 heterocycles. The van der Waals surface area contributed by atoms with Gasteiger partial charge in [-0.05, 0) is 40.2 Å². The van der Waals surface area contributed by atoms with Crippen LogP contribution < -0.4 is 5.32 Å². The van der Waals surface area contributed by atoms with Gasteiger partial charge in [0.25, 0.3) is 0 Å². The number of hydrogen-bond acceptors (Lipinski definition) is 2. The van der Waals surface area contributed by atoms with Crippen LogP contribution in [0.1, 0.15) is 49.8 Å². The van der Waals surface area contributed by atoms with Crippen LogP contribution in [0, 0.1) is 0 Å². The summed E-state index contributed by atoms with van der Waals surface area (Å²) in [5.41, 5.74) is 0. The molecule has 2 rings (SSSR count). The Morgan fingerprint density at radius 1 is 1.19 bits per heavy atom. The molecular formula is C13H20BrNS. The van der Waals surface area contributed by atoms with Crippen LogP contribution in [-0.4, -0.2) is 6.04 Å². The SMILES string of the molecule is Brc1ccsc1CNC1CCCCCCC1. The Kier molecular flexibility index (Phi) is 5.33. The first-order valence-corrected chi connectivity index (χ1v) is 7.99. The second-order valence-electron chi connectivity index (χ2n) is 4.61. The molecule has 1 nitrogen and oxygen atoms in total. The lowest BCUT2D eigenvalue weighted by molar-refractivity contribution is 0.390. The number of halogens is 1. The summed E-state index contributed by atoms with van der Waals surface area (Å²) < 4.78 is 1.26. The van der Waals surface area contributed by atoms with Crippen LogP contribution >= 0.6 is 27.3 Å². The van der Waals surface area contributed by atoms with Gasteiger partial charge in [-0.3, -0.25) is 0 Å². The van der Waals surface area contributed by atoms with Gasteiger partial charge in [0.1, 0.15) is 0 Å². The van der Waals surface area contributed by atoms with Crippen molar-refractivity contribution in [3.63, 3.8) is 0 Å². The fraction of sp³-hybridized carbons (Fsp3) is 0.692. The van der Waals surface area contributed by atoms with Gasteiger partial charge >= 0.3 is 0 Å². The van der Waals surface area contributed by atoms with E-state index in [4.69, 9.17) is 0 Å². The highest BCUT2D eigenvalue weighted by Gasteiger charge is 2.11. The topological polar surface area (TPSA) is 12.0 Å². The molecule has 1 saturated carbocycles. The molecule has 0 spiro atoms. The van der Waals surface area contributed by atoms with Gasteiger partial charge < -0.3 is 5.32 Å². The van der Waals surface area contributed by atoms with E-state index >= 15 is 0 Å². The lowest BCUT2D eigenvalue weighted by Crippen LogP contribution is -2.29. The van der Waals surface area contributed by atoms with Crippen molar-refractivity contribution in [1.82, 2.24) is 5.32 Å². The molecule has 0 radical (unpaired) electrons. The molecule has 0 amide bonds.